The summed E-state index contributed by atoms with van der Waals surface area (Å²) in [5.74, 6) is -0.776. The minimum Gasteiger partial charge on any atom is -0.480 e. The maximum atomic E-state index is 10.6. The van der Waals surface area contributed by atoms with Crippen molar-refractivity contribution in [2.24, 2.45) is 0 Å². The molecule has 1 rings (SSSR count). The Morgan fingerprint density at radius 3 is 2.54 bits per heavy atom. The summed E-state index contributed by atoms with van der Waals surface area (Å²) >= 11 is 0. The van der Waals surface area contributed by atoms with E-state index >= 15 is 0 Å². The molecule has 1 aliphatic rings. The first-order valence-corrected chi connectivity index (χ1v) is 7.93. The van der Waals surface area contributed by atoms with E-state index in [0.29, 0.717) is 13.0 Å². The lowest BCUT2D eigenvalue weighted by molar-refractivity contribution is -0.139. The van der Waals surface area contributed by atoms with E-state index in [1.165, 1.54) is 0 Å². The van der Waals surface area contributed by atoms with Crippen LogP contribution in [0.2, 0.25) is 19.6 Å². The molecule has 0 aromatic heterocycles. The Bertz CT molecular complexity index is 202. The second kappa shape index (κ2) is 3.77. The number of rotatable bonds is 3. The number of hydrogen-bond donors (Lipinski definition) is 2. The second-order valence-electron chi connectivity index (χ2n) is 4.39. The Balaban J connectivity index is 2.38. The smallest absolute Gasteiger partial charge is 0.320 e. The number of carboxylic acid groups (broad SMARTS) is 1. The van der Waals surface area contributed by atoms with Crippen LogP contribution < -0.4 is 5.32 Å². The van der Waals surface area contributed by atoms with Crippen LogP contribution in [0.25, 0.3) is 0 Å². The van der Waals surface area contributed by atoms with Gasteiger partial charge in [-0.15, -0.1) is 0 Å². The van der Waals surface area contributed by atoms with Crippen molar-refractivity contribution in [2.75, 3.05) is 6.54 Å². The van der Waals surface area contributed by atoms with Gasteiger partial charge in [-0.25, -0.2) is 0 Å². The normalized spacial score (nSPS) is 29.2. The molecule has 1 unspecified atom stereocenters. The molecule has 5 heteroatoms. The summed E-state index contributed by atoms with van der Waals surface area (Å²) in [6.07, 6.45) is 0.687. The Labute approximate surface area is 79.4 Å². The molecule has 0 aliphatic carbocycles. The van der Waals surface area contributed by atoms with Crippen LogP contribution in [-0.4, -0.2) is 38.1 Å². The lowest BCUT2D eigenvalue weighted by Crippen LogP contribution is -2.33. The van der Waals surface area contributed by atoms with E-state index in [-0.39, 0.29) is 6.10 Å². The van der Waals surface area contributed by atoms with Crippen molar-refractivity contribution in [3.63, 3.8) is 0 Å². The molecule has 76 valence electrons. The maximum Gasteiger partial charge on any atom is 0.320 e. The number of hydrogen-bond acceptors (Lipinski definition) is 3. The number of carboxylic acids is 1. The van der Waals surface area contributed by atoms with Gasteiger partial charge in [-0.2, -0.15) is 0 Å². The van der Waals surface area contributed by atoms with Crippen LogP contribution in [0.3, 0.4) is 0 Å². The molecule has 0 radical (unpaired) electrons. The van der Waals surface area contributed by atoms with E-state index in [0.717, 1.165) is 0 Å². The van der Waals surface area contributed by atoms with Crippen LogP contribution in [0.4, 0.5) is 0 Å². The van der Waals surface area contributed by atoms with Gasteiger partial charge in [-0.1, -0.05) is 0 Å². The highest BCUT2D eigenvalue weighted by molar-refractivity contribution is 6.69. The van der Waals surface area contributed by atoms with Crippen molar-refractivity contribution < 1.29 is 14.3 Å². The topological polar surface area (TPSA) is 58.6 Å². The van der Waals surface area contributed by atoms with Gasteiger partial charge in [0.05, 0.1) is 6.10 Å². The third-order valence-electron chi connectivity index (χ3n) is 1.91. The highest BCUT2D eigenvalue weighted by atomic mass is 28.4. The van der Waals surface area contributed by atoms with Crippen LogP contribution in [0.15, 0.2) is 0 Å². The number of nitrogens with one attached hydrogen (secondary N) is 1. The van der Waals surface area contributed by atoms with Crippen molar-refractivity contribution in [3.05, 3.63) is 0 Å². The average molecular weight is 203 g/mol. The van der Waals surface area contributed by atoms with Gasteiger partial charge in [-0.05, 0) is 26.1 Å². The minimum absolute atomic E-state index is 0.0905. The van der Waals surface area contributed by atoms with Gasteiger partial charge in [-0.3, -0.25) is 4.79 Å². The molecular formula is C8H17NO3Si. The largest absolute Gasteiger partial charge is 0.480 e. The fraction of sp³-hybridized carbons (Fsp3) is 0.875. The summed E-state index contributed by atoms with van der Waals surface area (Å²) in [5, 5.41) is 11.6. The van der Waals surface area contributed by atoms with E-state index in [2.05, 4.69) is 25.0 Å². The van der Waals surface area contributed by atoms with Crippen molar-refractivity contribution in [3.8, 4) is 0 Å². The monoisotopic (exact) mass is 203 g/mol. The van der Waals surface area contributed by atoms with Crippen LogP contribution in [0.1, 0.15) is 6.42 Å². The summed E-state index contributed by atoms with van der Waals surface area (Å²) in [5.41, 5.74) is 0. The van der Waals surface area contributed by atoms with E-state index in [1.54, 1.807) is 0 Å². The van der Waals surface area contributed by atoms with Crippen LogP contribution in [0, 0.1) is 0 Å². The molecule has 1 aliphatic heterocycles. The first-order valence-electron chi connectivity index (χ1n) is 4.52. The Kier molecular flexibility index (Phi) is 3.10. The van der Waals surface area contributed by atoms with E-state index in [4.69, 9.17) is 9.53 Å². The molecule has 0 saturated carbocycles. The molecule has 0 bridgehead atoms. The van der Waals surface area contributed by atoms with Gasteiger partial charge >= 0.3 is 5.97 Å². The zero-order chi connectivity index (χ0) is 10.1. The zero-order valence-electron chi connectivity index (χ0n) is 8.33. The van der Waals surface area contributed by atoms with Crippen molar-refractivity contribution in [1.82, 2.24) is 5.32 Å². The SMILES string of the molecule is C[Si](C)(C)OC1CN[C@H](C(=O)O)C1. The van der Waals surface area contributed by atoms with Crippen molar-refractivity contribution in [1.29, 1.82) is 0 Å². The minimum atomic E-state index is -1.52. The van der Waals surface area contributed by atoms with E-state index in [9.17, 15) is 4.79 Å². The van der Waals surface area contributed by atoms with Gasteiger partial charge < -0.3 is 14.8 Å². The Morgan fingerprint density at radius 1 is 1.54 bits per heavy atom. The quantitative estimate of drug-likeness (QED) is 0.661. The molecule has 0 spiro atoms. The van der Waals surface area contributed by atoms with Crippen LogP contribution >= 0.6 is 0 Å². The molecule has 1 fully saturated rings. The molecule has 1 heterocycles. The summed E-state index contributed by atoms with van der Waals surface area (Å²) in [4.78, 5) is 10.6. The van der Waals surface area contributed by atoms with Gasteiger partial charge in [0.25, 0.3) is 0 Å². The summed E-state index contributed by atoms with van der Waals surface area (Å²) in [6.45, 7) is 7.00. The third kappa shape index (κ3) is 3.46. The predicted octanol–water partition coefficient (Wildman–Crippen LogP) is 0.653. The van der Waals surface area contributed by atoms with Gasteiger partial charge in [0, 0.05) is 6.54 Å². The fourth-order valence-corrected chi connectivity index (χ4v) is 2.66. The predicted molar refractivity (Wildman–Crippen MR) is 52.3 cm³/mol. The molecule has 1 saturated heterocycles. The highest BCUT2D eigenvalue weighted by Crippen LogP contribution is 2.15. The lowest BCUT2D eigenvalue weighted by atomic mass is 10.2. The zero-order valence-corrected chi connectivity index (χ0v) is 9.33. The fourth-order valence-electron chi connectivity index (χ4n) is 1.48. The summed E-state index contributed by atoms with van der Waals surface area (Å²) in [7, 11) is -1.52. The third-order valence-corrected chi connectivity index (χ3v) is 2.95. The van der Waals surface area contributed by atoms with Gasteiger partial charge in [0.2, 0.25) is 0 Å². The Hall–Kier alpha value is -0.393. The van der Waals surface area contributed by atoms with Crippen LogP contribution in [-0.2, 0) is 9.22 Å². The molecule has 0 aromatic rings. The molecular weight excluding hydrogens is 186 g/mol. The summed E-state index contributed by atoms with van der Waals surface area (Å²) in [6, 6.07) is -0.415. The highest BCUT2D eigenvalue weighted by Gasteiger charge is 2.32. The average Bonchev–Trinajstić information content (AvgIpc) is 2.31. The van der Waals surface area contributed by atoms with Crippen molar-refractivity contribution >= 4 is 14.3 Å². The molecule has 0 aromatic carbocycles. The Morgan fingerprint density at radius 2 is 2.15 bits per heavy atom. The van der Waals surface area contributed by atoms with E-state index < -0.39 is 20.3 Å². The van der Waals surface area contributed by atoms with Crippen molar-refractivity contribution in [2.45, 2.75) is 38.2 Å². The maximum absolute atomic E-state index is 10.6. The number of carbonyl (C=O) groups is 1. The summed E-state index contributed by atoms with van der Waals surface area (Å²) < 4.78 is 5.79. The van der Waals surface area contributed by atoms with Crippen LogP contribution in [0.5, 0.6) is 0 Å². The van der Waals surface area contributed by atoms with Gasteiger partial charge in [0.15, 0.2) is 8.32 Å². The van der Waals surface area contributed by atoms with Gasteiger partial charge in [0.1, 0.15) is 6.04 Å². The molecule has 0 amide bonds. The number of aliphatic carboxylic acids is 1. The second-order valence-corrected chi connectivity index (χ2v) is 8.85. The molecule has 13 heavy (non-hydrogen) atoms. The molecule has 2 atom stereocenters. The molecule has 2 N–H and O–H groups in total. The standard InChI is InChI=1S/C8H17NO3Si/c1-13(2,3)12-6-4-7(8(10)11)9-5-6/h6-7,9H,4-5H2,1-3H3,(H,10,11)/t6?,7-/m0/s1. The lowest BCUT2D eigenvalue weighted by Gasteiger charge is -2.22. The first-order chi connectivity index (χ1) is 5.88. The molecule has 4 nitrogen and oxygen atoms in total. The van der Waals surface area contributed by atoms with E-state index in [1.807, 2.05) is 0 Å². The first kappa shape index (κ1) is 10.7.